The van der Waals surface area contributed by atoms with E-state index in [-0.39, 0.29) is 43.5 Å². The quantitative estimate of drug-likeness (QED) is 0.842. The molecule has 19 heavy (non-hydrogen) atoms. The van der Waals surface area contributed by atoms with Crippen molar-refractivity contribution in [3.63, 3.8) is 0 Å². The zero-order valence-electron chi connectivity index (χ0n) is 10.9. The van der Waals surface area contributed by atoms with Crippen LogP contribution >= 0.6 is 11.3 Å². The van der Waals surface area contributed by atoms with Crippen molar-refractivity contribution in [1.82, 2.24) is 9.88 Å². The van der Waals surface area contributed by atoms with Crippen LogP contribution in [0.3, 0.4) is 0 Å². The molecule has 1 saturated heterocycles. The molecule has 1 aliphatic heterocycles. The van der Waals surface area contributed by atoms with Gasteiger partial charge in [0, 0.05) is 30.7 Å². The second-order valence-corrected chi connectivity index (χ2v) is 5.60. The van der Waals surface area contributed by atoms with Crippen LogP contribution in [-0.2, 0) is 14.4 Å². The van der Waals surface area contributed by atoms with Crippen molar-refractivity contribution in [3.05, 3.63) is 10.6 Å². The fourth-order valence-electron chi connectivity index (χ4n) is 1.79. The van der Waals surface area contributed by atoms with Crippen LogP contribution in [0.1, 0.15) is 29.8 Å². The van der Waals surface area contributed by atoms with Crippen molar-refractivity contribution < 1.29 is 14.4 Å². The number of nitrogens with one attached hydrogen (secondary N) is 1. The molecule has 0 bridgehead atoms. The minimum atomic E-state index is -0.235. The molecule has 0 spiro atoms. The first-order valence-corrected chi connectivity index (χ1v) is 6.86. The summed E-state index contributed by atoms with van der Waals surface area (Å²) in [6.07, 6.45) is 0.617. The van der Waals surface area contributed by atoms with E-state index in [1.54, 1.807) is 0 Å². The molecule has 1 fully saturated rings. The molecule has 0 saturated carbocycles. The zero-order valence-corrected chi connectivity index (χ0v) is 11.7. The number of carbonyl (C=O) groups excluding carboxylic acids is 3. The molecule has 3 amide bonds. The van der Waals surface area contributed by atoms with Gasteiger partial charge in [0.25, 0.3) is 0 Å². The Balaban J connectivity index is 1.85. The second-order valence-electron chi connectivity index (χ2n) is 4.40. The first-order chi connectivity index (χ1) is 8.97. The Bertz CT molecular complexity index is 503. The molecule has 1 aromatic rings. The van der Waals surface area contributed by atoms with Crippen molar-refractivity contribution in [1.29, 1.82) is 0 Å². The van der Waals surface area contributed by atoms with E-state index in [9.17, 15) is 14.4 Å². The molecule has 0 atom stereocenters. The van der Waals surface area contributed by atoms with Crippen LogP contribution in [0.5, 0.6) is 0 Å². The van der Waals surface area contributed by atoms with Gasteiger partial charge in [0.05, 0.1) is 5.69 Å². The predicted molar refractivity (Wildman–Crippen MR) is 70.8 cm³/mol. The summed E-state index contributed by atoms with van der Waals surface area (Å²) >= 11 is 1.41. The summed E-state index contributed by atoms with van der Waals surface area (Å²) in [5, 5.41) is 3.23. The monoisotopic (exact) mass is 281 g/mol. The third-order valence-electron chi connectivity index (χ3n) is 2.99. The number of imide groups is 1. The maximum absolute atomic E-state index is 11.7. The number of hydrogen-bond donors (Lipinski definition) is 1. The van der Waals surface area contributed by atoms with E-state index in [2.05, 4.69) is 10.3 Å². The summed E-state index contributed by atoms with van der Waals surface area (Å²) in [7, 11) is 0. The number of hydrogen-bond acceptors (Lipinski definition) is 5. The van der Waals surface area contributed by atoms with Crippen molar-refractivity contribution in [2.75, 3.05) is 11.9 Å². The number of carbonyl (C=O) groups is 3. The summed E-state index contributed by atoms with van der Waals surface area (Å²) in [6.45, 7) is 3.96. The van der Waals surface area contributed by atoms with Crippen LogP contribution in [0, 0.1) is 13.8 Å². The van der Waals surface area contributed by atoms with E-state index in [0.29, 0.717) is 5.13 Å². The molecule has 2 heterocycles. The maximum atomic E-state index is 11.7. The number of anilines is 1. The summed E-state index contributed by atoms with van der Waals surface area (Å²) in [5.41, 5.74) is 0.894. The number of rotatable bonds is 4. The molecular formula is C12H15N3O3S. The molecular weight excluding hydrogens is 266 g/mol. The minimum absolute atomic E-state index is 0.106. The van der Waals surface area contributed by atoms with Crippen LogP contribution < -0.4 is 5.32 Å². The van der Waals surface area contributed by atoms with E-state index in [1.165, 1.54) is 11.3 Å². The molecule has 1 N–H and O–H groups in total. The van der Waals surface area contributed by atoms with E-state index < -0.39 is 0 Å². The Morgan fingerprint density at radius 3 is 2.47 bits per heavy atom. The van der Waals surface area contributed by atoms with Gasteiger partial charge in [-0.3, -0.25) is 19.3 Å². The predicted octanol–water partition coefficient (Wildman–Crippen LogP) is 1.24. The van der Waals surface area contributed by atoms with Crippen molar-refractivity contribution in [2.45, 2.75) is 33.1 Å². The highest BCUT2D eigenvalue weighted by atomic mass is 32.1. The lowest BCUT2D eigenvalue weighted by molar-refractivity contribution is -0.138. The highest BCUT2D eigenvalue weighted by Gasteiger charge is 2.28. The topological polar surface area (TPSA) is 79.4 Å². The number of thiazole rings is 1. The Labute approximate surface area is 114 Å². The Morgan fingerprint density at radius 2 is 1.95 bits per heavy atom. The van der Waals surface area contributed by atoms with E-state index >= 15 is 0 Å². The summed E-state index contributed by atoms with van der Waals surface area (Å²) < 4.78 is 0. The SMILES string of the molecule is Cc1nc(NC(=O)CCN2C(=O)CCC2=O)sc1C. The minimum Gasteiger partial charge on any atom is -0.302 e. The Hall–Kier alpha value is -1.76. The fraction of sp³-hybridized carbons (Fsp3) is 0.500. The normalized spacial score (nSPS) is 15.2. The molecule has 1 aliphatic rings. The number of amides is 3. The number of likely N-dealkylation sites (tertiary alicyclic amines) is 1. The Kier molecular flexibility index (Phi) is 3.94. The Morgan fingerprint density at radius 1 is 1.32 bits per heavy atom. The second kappa shape index (κ2) is 5.48. The highest BCUT2D eigenvalue weighted by molar-refractivity contribution is 7.15. The zero-order chi connectivity index (χ0) is 14.0. The van der Waals surface area contributed by atoms with Gasteiger partial charge in [-0.25, -0.2) is 4.98 Å². The molecule has 102 valence electrons. The van der Waals surface area contributed by atoms with E-state index in [0.717, 1.165) is 15.5 Å². The van der Waals surface area contributed by atoms with Gasteiger partial charge in [-0.05, 0) is 13.8 Å². The molecule has 0 aromatic carbocycles. The summed E-state index contributed by atoms with van der Waals surface area (Å²) in [5.74, 6) is -0.626. The van der Waals surface area contributed by atoms with Gasteiger partial charge in [-0.2, -0.15) is 0 Å². The fourth-order valence-corrected chi connectivity index (χ4v) is 2.62. The molecule has 6 nitrogen and oxygen atoms in total. The lowest BCUT2D eigenvalue weighted by Gasteiger charge is -2.12. The molecule has 2 rings (SSSR count). The van der Waals surface area contributed by atoms with Crippen molar-refractivity contribution in [2.24, 2.45) is 0 Å². The maximum Gasteiger partial charge on any atom is 0.229 e. The van der Waals surface area contributed by atoms with Crippen LogP contribution in [0.25, 0.3) is 0 Å². The summed E-state index contributed by atoms with van der Waals surface area (Å²) in [6, 6.07) is 0. The van der Waals surface area contributed by atoms with E-state index in [1.807, 2.05) is 13.8 Å². The molecule has 0 unspecified atom stereocenters. The van der Waals surface area contributed by atoms with Gasteiger partial charge in [0.15, 0.2) is 5.13 Å². The smallest absolute Gasteiger partial charge is 0.229 e. The lowest BCUT2D eigenvalue weighted by Crippen LogP contribution is -2.32. The average Bonchev–Trinajstić information content (AvgIpc) is 2.81. The third kappa shape index (κ3) is 3.17. The van der Waals surface area contributed by atoms with Crippen LogP contribution in [0.4, 0.5) is 5.13 Å². The number of aromatic nitrogens is 1. The highest BCUT2D eigenvalue weighted by Crippen LogP contribution is 2.21. The summed E-state index contributed by atoms with van der Waals surface area (Å²) in [4.78, 5) is 40.8. The van der Waals surface area contributed by atoms with Crippen LogP contribution in [0.15, 0.2) is 0 Å². The van der Waals surface area contributed by atoms with Crippen molar-refractivity contribution >= 4 is 34.2 Å². The van der Waals surface area contributed by atoms with Gasteiger partial charge in [-0.1, -0.05) is 0 Å². The van der Waals surface area contributed by atoms with Gasteiger partial charge in [0.2, 0.25) is 17.7 Å². The van der Waals surface area contributed by atoms with Gasteiger partial charge >= 0.3 is 0 Å². The standard InChI is InChI=1S/C12H15N3O3S/c1-7-8(2)19-12(13-7)14-9(16)5-6-15-10(17)3-4-11(15)18/h3-6H2,1-2H3,(H,13,14,16). The van der Waals surface area contributed by atoms with Gasteiger partial charge in [0.1, 0.15) is 0 Å². The van der Waals surface area contributed by atoms with Gasteiger partial charge < -0.3 is 5.32 Å². The molecule has 0 aliphatic carbocycles. The number of aryl methyl sites for hydroxylation is 2. The van der Waals surface area contributed by atoms with Crippen LogP contribution in [0.2, 0.25) is 0 Å². The third-order valence-corrected chi connectivity index (χ3v) is 3.98. The molecule has 1 aromatic heterocycles. The lowest BCUT2D eigenvalue weighted by atomic mass is 10.3. The van der Waals surface area contributed by atoms with Gasteiger partial charge in [-0.15, -0.1) is 11.3 Å². The number of nitrogens with zero attached hydrogens (tertiary/aromatic N) is 2. The average molecular weight is 281 g/mol. The van der Waals surface area contributed by atoms with Crippen molar-refractivity contribution in [3.8, 4) is 0 Å². The molecule has 7 heteroatoms. The largest absolute Gasteiger partial charge is 0.302 e. The first-order valence-electron chi connectivity index (χ1n) is 6.04. The van der Waals surface area contributed by atoms with E-state index in [4.69, 9.17) is 0 Å². The molecule has 0 radical (unpaired) electrons. The van der Waals surface area contributed by atoms with Crippen LogP contribution in [-0.4, -0.2) is 34.2 Å². The first kappa shape index (κ1) is 13.7.